The SMILES string of the molecule is Cc1ncccc1NCc1cnco1. The molecule has 1 N–H and O–H groups in total. The quantitative estimate of drug-likeness (QED) is 0.802. The van der Waals surface area contributed by atoms with Gasteiger partial charge in [-0.15, -0.1) is 0 Å². The molecule has 0 aliphatic heterocycles. The van der Waals surface area contributed by atoms with Gasteiger partial charge >= 0.3 is 0 Å². The van der Waals surface area contributed by atoms with Crippen LogP contribution in [0.15, 0.2) is 35.3 Å². The summed E-state index contributed by atoms with van der Waals surface area (Å²) in [5.41, 5.74) is 2.00. The van der Waals surface area contributed by atoms with E-state index in [1.807, 2.05) is 19.1 Å². The number of pyridine rings is 1. The summed E-state index contributed by atoms with van der Waals surface area (Å²) in [6.45, 7) is 2.59. The minimum Gasteiger partial charge on any atom is -0.447 e. The van der Waals surface area contributed by atoms with Gasteiger partial charge in [-0.1, -0.05) is 0 Å². The summed E-state index contributed by atoms with van der Waals surface area (Å²) in [7, 11) is 0. The van der Waals surface area contributed by atoms with Crippen LogP contribution in [0, 0.1) is 6.92 Å². The van der Waals surface area contributed by atoms with Gasteiger partial charge in [0.25, 0.3) is 0 Å². The van der Waals surface area contributed by atoms with E-state index < -0.39 is 0 Å². The third kappa shape index (κ3) is 1.90. The van der Waals surface area contributed by atoms with Gasteiger partial charge in [-0.05, 0) is 19.1 Å². The van der Waals surface area contributed by atoms with E-state index in [0.29, 0.717) is 6.54 Å². The first-order chi connectivity index (χ1) is 6.86. The molecule has 0 saturated carbocycles. The Kier molecular flexibility index (Phi) is 2.44. The maximum Gasteiger partial charge on any atom is 0.180 e. The second kappa shape index (κ2) is 3.91. The molecule has 2 heterocycles. The first kappa shape index (κ1) is 8.74. The van der Waals surface area contributed by atoms with E-state index in [4.69, 9.17) is 4.42 Å². The molecule has 2 aromatic rings. The Morgan fingerprint density at radius 2 is 2.43 bits per heavy atom. The predicted octanol–water partition coefficient (Wildman–Crippen LogP) is 1.99. The highest BCUT2D eigenvalue weighted by Crippen LogP contribution is 2.11. The highest BCUT2D eigenvalue weighted by atomic mass is 16.3. The number of oxazole rings is 1. The van der Waals surface area contributed by atoms with E-state index in [1.54, 1.807) is 12.4 Å². The Labute approximate surface area is 82.0 Å². The highest BCUT2D eigenvalue weighted by molar-refractivity contribution is 5.46. The number of hydrogen-bond acceptors (Lipinski definition) is 4. The van der Waals surface area contributed by atoms with Crippen LogP contribution in [0.25, 0.3) is 0 Å². The standard InChI is InChI=1S/C10H11N3O/c1-8-10(3-2-4-12-8)13-6-9-5-11-7-14-9/h2-5,7,13H,6H2,1H3. The van der Waals surface area contributed by atoms with E-state index in [2.05, 4.69) is 15.3 Å². The van der Waals surface area contributed by atoms with Gasteiger partial charge < -0.3 is 9.73 Å². The summed E-state index contributed by atoms with van der Waals surface area (Å²) in [6, 6.07) is 3.88. The minimum atomic E-state index is 0.631. The molecule has 0 spiro atoms. The largest absolute Gasteiger partial charge is 0.447 e. The van der Waals surface area contributed by atoms with Crippen LogP contribution in [0.1, 0.15) is 11.5 Å². The summed E-state index contributed by atoms with van der Waals surface area (Å²) in [4.78, 5) is 8.00. The molecule has 2 aromatic heterocycles. The molecular formula is C10H11N3O. The maximum atomic E-state index is 5.10. The van der Waals surface area contributed by atoms with Gasteiger partial charge in [-0.3, -0.25) is 4.98 Å². The highest BCUT2D eigenvalue weighted by Gasteiger charge is 1.99. The number of nitrogens with one attached hydrogen (secondary N) is 1. The molecule has 14 heavy (non-hydrogen) atoms. The Balaban J connectivity index is 2.02. The first-order valence-corrected chi connectivity index (χ1v) is 4.39. The van der Waals surface area contributed by atoms with E-state index in [0.717, 1.165) is 17.1 Å². The van der Waals surface area contributed by atoms with Crippen molar-refractivity contribution in [2.24, 2.45) is 0 Å². The van der Waals surface area contributed by atoms with Gasteiger partial charge in [0.15, 0.2) is 6.39 Å². The zero-order valence-electron chi connectivity index (χ0n) is 7.90. The summed E-state index contributed by atoms with van der Waals surface area (Å²) < 4.78 is 5.10. The molecule has 0 bridgehead atoms. The topological polar surface area (TPSA) is 51.0 Å². The number of nitrogens with zero attached hydrogens (tertiary/aromatic N) is 2. The number of hydrogen-bond donors (Lipinski definition) is 1. The molecule has 4 nitrogen and oxygen atoms in total. The molecule has 0 aromatic carbocycles. The molecule has 0 saturated heterocycles. The number of aryl methyl sites for hydroxylation is 1. The van der Waals surface area contributed by atoms with Crippen LogP contribution in [-0.4, -0.2) is 9.97 Å². The summed E-state index contributed by atoms with van der Waals surface area (Å²) >= 11 is 0. The van der Waals surface area contributed by atoms with Crippen molar-refractivity contribution in [3.63, 3.8) is 0 Å². The van der Waals surface area contributed by atoms with Gasteiger partial charge in [0.05, 0.1) is 24.1 Å². The van der Waals surface area contributed by atoms with E-state index >= 15 is 0 Å². The van der Waals surface area contributed by atoms with Crippen LogP contribution in [0.3, 0.4) is 0 Å². The summed E-state index contributed by atoms with van der Waals surface area (Å²) in [5.74, 6) is 0.813. The molecular weight excluding hydrogens is 178 g/mol. The third-order valence-corrected chi connectivity index (χ3v) is 1.94. The van der Waals surface area contributed by atoms with Crippen molar-refractivity contribution < 1.29 is 4.42 Å². The molecule has 0 fully saturated rings. The monoisotopic (exact) mass is 189 g/mol. The fourth-order valence-electron chi connectivity index (χ4n) is 1.18. The Morgan fingerprint density at radius 1 is 1.50 bits per heavy atom. The average Bonchev–Trinajstić information content (AvgIpc) is 2.69. The zero-order chi connectivity index (χ0) is 9.80. The minimum absolute atomic E-state index is 0.631. The lowest BCUT2D eigenvalue weighted by Gasteiger charge is -2.05. The first-order valence-electron chi connectivity index (χ1n) is 4.39. The van der Waals surface area contributed by atoms with Crippen LogP contribution < -0.4 is 5.32 Å². The maximum absolute atomic E-state index is 5.10. The molecule has 0 radical (unpaired) electrons. The second-order valence-corrected chi connectivity index (χ2v) is 2.96. The third-order valence-electron chi connectivity index (χ3n) is 1.94. The fourth-order valence-corrected chi connectivity index (χ4v) is 1.18. The van der Waals surface area contributed by atoms with Crippen molar-refractivity contribution in [3.05, 3.63) is 42.4 Å². The van der Waals surface area contributed by atoms with Crippen LogP contribution in [0.5, 0.6) is 0 Å². The zero-order valence-corrected chi connectivity index (χ0v) is 7.90. The van der Waals surface area contributed by atoms with Gasteiger partial charge in [0.1, 0.15) is 5.76 Å². The Hall–Kier alpha value is -1.84. The van der Waals surface area contributed by atoms with Crippen molar-refractivity contribution in [1.29, 1.82) is 0 Å². The molecule has 0 aliphatic carbocycles. The van der Waals surface area contributed by atoms with E-state index in [-0.39, 0.29) is 0 Å². The van der Waals surface area contributed by atoms with Crippen LogP contribution in [0.4, 0.5) is 5.69 Å². The Morgan fingerprint density at radius 3 is 3.14 bits per heavy atom. The lowest BCUT2D eigenvalue weighted by Crippen LogP contribution is -2.00. The van der Waals surface area contributed by atoms with Crippen molar-refractivity contribution in [1.82, 2.24) is 9.97 Å². The summed E-state index contributed by atoms with van der Waals surface area (Å²) in [6.07, 6.45) is 4.89. The second-order valence-electron chi connectivity index (χ2n) is 2.96. The van der Waals surface area contributed by atoms with Gasteiger partial charge in [0, 0.05) is 6.20 Å². The Bertz CT molecular complexity index is 398. The smallest absolute Gasteiger partial charge is 0.180 e. The molecule has 0 unspecified atom stereocenters. The lowest BCUT2D eigenvalue weighted by atomic mass is 10.3. The molecule has 72 valence electrons. The van der Waals surface area contributed by atoms with E-state index in [1.165, 1.54) is 6.39 Å². The molecule has 0 atom stereocenters. The van der Waals surface area contributed by atoms with Gasteiger partial charge in [-0.2, -0.15) is 0 Å². The van der Waals surface area contributed by atoms with Crippen LogP contribution in [-0.2, 0) is 6.54 Å². The molecule has 2 rings (SSSR count). The number of aromatic nitrogens is 2. The molecule has 0 aliphatic rings. The average molecular weight is 189 g/mol. The summed E-state index contributed by atoms with van der Waals surface area (Å²) in [5, 5.41) is 3.22. The normalized spacial score (nSPS) is 10.1. The molecule has 4 heteroatoms. The van der Waals surface area contributed by atoms with Gasteiger partial charge in [0.2, 0.25) is 0 Å². The van der Waals surface area contributed by atoms with Crippen molar-refractivity contribution in [2.45, 2.75) is 13.5 Å². The van der Waals surface area contributed by atoms with Crippen LogP contribution >= 0.6 is 0 Å². The van der Waals surface area contributed by atoms with Crippen molar-refractivity contribution >= 4 is 5.69 Å². The van der Waals surface area contributed by atoms with Gasteiger partial charge in [-0.25, -0.2) is 4.98 Å². The fraction of sp³-hybridized carbons (Fsp3) is 0.200. The lowest BCUT2D eigenvalue weighted by molar-refractivity contribution is 0.511. The van der Waals surface area contributed by atoms with Crippen molar-refractivity contribution in [3.8, 4) is 0 Å². The molecule has 0 amide bonds. The van der Waals surface area contributed by atoms with Crippen molar-refractivity contribution in [2.75, 3.05) is 5.32 Å². The van der Waals surface area contributed by atoms with E-state index in [9.17, 15) is 0 Å². The number of rotatable bonds is 3. The van der Waals surface area contributed by atoms with Crippen LogP contribution in [0.2, 0.25) is 0 Å². The predicted molar refractivity (Wildman–Crippen MR) is 52.8 cm³/mol. The number of anilines is 1.